The lowest BCUT2D eigenvalue weighted by Gasteiger charge is -2.09. The largest absolute Gasteiger partial charge is 0.441 e. The van der Waals surface area contributed by atoms with Gasteiger partial charge in [0.2, 0.25) is 5.88 Å². The van der Waals surface area contributed by atoms with Gasteiger partial charge in [0.25, 0.3) is 0 Å². The molecule has 1 aromatic heterocycles. The zero-order chi connectivity index (χ0) is 14.7. The number of rotatable bonds is 5. The van der Waals surface area contributed by atoms with Crippen molar-refractivity contribution in [1.82, 2.24) is 4.57 Å². The van der Waals surface area contributed by atoms with Crippen molar-refractivity contribution in [2.45, 2.75) is 12.8 Å². The number of fused-ring (bicyclic) bond motifs is 1. The van der Waals surface area contributed by atoms with Gasteiger partial charge in [0, 0.05) is 18.0 Å². The zero-order valence-electron chi connectivity index (χ0n) is 12.3. The molecule has 3 rings (SSSR count). The summed E-state index contributed by atoms with van der Waals surface area (Å²) in [4.78, 5) is 0. The van der Waals surface area contributed by atoms with Crippen molar-refractivity contribution in [3.8, 4) is 11.6 Å². The van der Waals surface area contributed by atoms with Crippen molar-refractivity contribution in [3.05, 3.63) is 60.2 Å². The van der Waals surface area contributed by atoms with Gasteiger partial charge >= 0.3 is 0 Å². The fourth-order valence-corrected chi connectivity index (χ4v) is 2.70. The molecule has 0 saturated heterocycles. The predicted octanol–water partition coefficient (Wildman–Crippen LogP) is 3.86. The Labute approximate surface area is 125 Å². The van der Waals surface area contributed by atoms with Crippen molar-refractivity contribution in [2.75, 3.05) is 6.54 Å². The van der Waals surface area contributed by atoms with Gasteiger partial charge in [0.1, 0.15) is 5.75 Å². The molecular formula is C18H20N2O. The highest BCUT2D eigenvalue weighted by atomic mass is 16.5. The fourth-order valence-electron chi connectivity index (χ4n) is 2.70. The van der Waals surface area contributed by atoms with Gasteiger partial charge < -0.3 is 15.0 Å². The van der Waals surface area contributed by atoms with Crippen LogP contribution < -0.4 is 10.5 Å². The number of benzene rings is 2. The van der Waals surface area contributed by atoms with Gasteiger partial charge in [-0.25, -0.2) is 0 Å². The van der Waals surface area contributed by atoms with Crippen LogP contribution >= 0.6 is 0 Å². The van der Waals surface area contributed by atoms with E-state index >= 15 is 0 Å². The molecule has 1 heterocycles. The predicted molar refractivity (Wildman–Crippen MR) is 86.8 cm³/mol. The average molecular weight is 280 g/mol. The van der Waals surface area contributed by atoms with Gasteiger partial charge in [-0.05, 0) is 37.6 Å². The molecular weight excluding hydrogens is 260 g/mol. The number of aryl methyl sites for hydroxylation is 2. The summed E-state index contributed by atoms with van der Waals surface area (Å²) in [5.41, 5.74) is 8.11. The molecule has 0 saturated carbocycles. The van der Waals surface area contributed by atoms with Gasteiger partial charge in [0.05, 0.1) is 5.52 Å². The molecule has 3 aromatic rings. The minimum Gasteiger partial charge on any atom is -0.441 e. The number of hydrogen-bond acceptors (Lipinski definition) is 2. The molecule has 0 unspecified atom stereocenters. The van der Waals surface area contributed by atoms with E-state index in [9.17, 15) is 0 Å². The van der Waals surface area contributed by atoms with Crippen LogP contribution in [0.5, 0.6) is 11.6 Å². The first-order valence-electron chi connectivity index (χ1n) is 7.30. The Bertz CT molecular complexity index is 732. The monoisotopic (exact) mass is 280 g/mol. The summed E-state index contributed by atoms with van der Waals surface area (Å²) in [7, 11) is 2.05. The first-order chi connectivity index (χ1) is 10.3. The Morgan fingerprint density at radius 1 is 1.00 bits per heavy atom. The second kappa shape index (κ2) is 6.02. The summed E-state index contributed by atoms with van der Waals surface area (Å²) in [5, 5.41) is 1.25. The van der Waals surface area contributed by atoms with Gasteiger partial charge in [-0.2, -0.15) is 0 Å². The van der Waals surface area contributed by atoms with E-state index in [-0.39, 0.29) is 0 Å². The van der Waals surface area contributed by atoms with E-state index in [1.54, 1.807) is 0 Å². The minimum atomic E-state index is 0.688. The van der Waals surface area contributed by atoms with Crippen molar-refractivity contribution in [2.24, 2.45) is 12.8 Å². The first-order valence-corrected chi connectivity index (χ1v) is 7.30. The van der Waals surface area contributed by atoms with Gasteiger partial charge in [-0.1, -0.05) is 36.4 Å². The lowest BCUT2D eigenvalue weighted by Crippen LogP contribution is -2.01. The third-order valence-corrected chi connectivity index (χ3v) is 3.74. The van der Waals surface area contributed by atoms with Crippen LogP contribution in [-0.2, 0) is 13.5 Å². The Hall–Kier alpha value is -2.26. The number of nitrogens with zero attached hydrogens (tertiary/aromatic N) is 1. The molecule has 0 aliphatic heterocycles. The summed E-state index contributed by atoms with van der Waals surface area (Å²) in [6.07, 6.45) is 1.89. The third-order valence-electron chi connectivity index (χ3n) is 3.74. The van der Waals surface area contributed by atoms with Crippen molar-refractivity contribution >= 4 is 10.9 Å². The summed E-state index contributed by atoms with van der Waals surface area (Å²) in [5.74, 6) is 1.77. The maximum atomic E-state index is 6.14. The highest BCUT2D eigenvalue weighted by molar-refractivity contribution is 5.87. The Kier molecular flexibility index (Phi) is 3.93. The summed E-state index contributed by atoms with van der Waals surface area (Å²) in [6.45, 7) is 0.688. The molecule has 21 heavy (non-hydrogen) atoms. The molecule has 0 bridgehead atoms. The first kappa shape index (κ1) is 13.7. The molecule has 0 aliphatic rings. The molecule has 0 radical (unpaired) electrons. The molecule has 0 spiro atoms. The smallest absolute Gasteiger partial charge is 0.204 e. The lowest BCUT2D eigenvalue weighted by atomic mass is 10.1. The van der Waals surface area contributed by atoms with E-state index in [0.717, 1.165) is 24.5 Å². The zero-order valence-corrected chi connectivity index (χ0v) is 12.3. The van der Waals surface area contributed by atoms with Crippen LogP contribution in [0.4, 0.5) is 0 Å². The summed E-state index contributed by atoms with van der Waals surface area (Å²) in [6, 6.07) is 18.3. The van der Waals surface area contributed by atoms with Crippen molar-refractivity contribution in [3.63, 3.8) is 0 Å². The van der Waals surface area contributed by atoms with E-state index in [2.05, 4.69) is 28.8 Å². The van der Waals surface area contributed by atoms with E-state index in [4.69, 9.17) is 10.5 Å². The molecule has 0 aliphatic carbocycles. The van der Waals surface area contributed by atoms with E-state index in [1.165, 1.54) is 16.5 Å². The average Bonchev–Trinajstić information content (AvgIpc) is 2.79. The Morgan fingerprint density at radius 3 is 2.48 bits per heavy atom. The van der Waals surface area contributed by atoms with E-state index in [0.29, 0.717) is 6.54 Å². The maximum absolute atomic E-state index is 6.14. The number of nitrogens with two attached hydrogens (primary N) is 1. The van der Waals surface area contributed by atoms with E-state index in [1.807, 2.05) is 37.4 Å². The normalized spacial score (nSPS) is 11.0. The molecule has 3 nitrogen and oxygen atoms in total. The van der Waals surface area contributed by atoms with Crippen molar-refractivity contribution < 1.29 is 4.74 Å². The summed E-state index contributed by atoms with van der Waals surface area (Å²) >= 11 is 0. The molecule has 0 amide bonds. The highest BCUT2D eigenvalue weighted by Gasteiger charge is 2.16. The molecule has 0 atom stereocenters. The Balaban J connectivity index is 2.08. The molecule has 3 heteroatoms. The SMILES string of the molecule is Cn1c(Oc2ccccc2)c(CCCN)c2ccccc21. The number of para-hydroxylation sites is 2. The number of ether oxygens (including phenoxy) is 1. The van der Waals surface area contributed by atoms with Crippen LogP contribution in [0.3, 0.4) is 0 Å². The molecule has 2 aromatic carbocycles. The van der Waals surface area contributed by atoms with Crippen LogP contribution in [0.15, 0.2) is 54.6 Å². The Morgan fingerprint density at radius 2 is 1.71 bits per heavy atom. The van der Waals surface area contributed by atoms with E-state index < -0.39 is 0 Å². The van der Waals surface area contributed by atoms with Crippen molar-refractivity contribution in [1.29, 1.82) is 0 Å². The standard InChI is InChI=1S/C18H20N2O/c1-20-17-12-6-5-10-15(17)16(11-7-13-19)18(20)21-14-8-3-2-4-9-14/h2-6,8-10,12H,7,11,13,19H2,1H3. The van der Waals surface area contributed by atoms with Gasteiger partial charge in [-0.15, -0.1) is 0 Å². The lowest BCUT2D eigenvalue weighted by molar-refractivity contribution is 0.439. The molecule has 108 valence electrons. The second-order valence-electron chi connectivity index (χ2n) is 5.17. The third kappa shape index (κ3) is 2.65. The van der Waals surface area contributed by atoms with Gasteiger partial charge in [-0.3, -0.25) is 0 Å². The van der Waals surface area contributed by atoms with Gasteiger partial charge in [0.15, 0.2) is 0 Å². The molecule has 2 N–H and O–H groups in total. The fraction of sp³-hybridized carbons (Fsp3) is 0.222. The van der Waals surface area contributed by atoms with Crippen LogP contribution in [0.1, 0.15) is 12.0 Å². The number of hydrogen-bond donors (Lipinski definition) is 1. The quantitative estimate of drug-likeness (QED) is 0.771. The highest BCUT2D eigenvalue weighted by Crippen LogP contribution is 2.34. The topological polar surface area (TPSA) is 40.2 Å². The minimum absolute atomic E-state index is 0.688. The van der Waals surface area contributed by atoms with Crippen LogP contribution in [-0.4, -0.2) is 11.1 Å². The van der Waals surface area contributed by atoms with Crippen LogP contribution in [0.2, 0.25) is 0 Å². The van der Waals surface area contributed by atoms with Crippen LogP contribution in [0.25, 0.3) is 10.9 Å². The maximum Gasteiger partial charge on any atom is 0.204 e. The summed E-state index contributed by atoms with van der Waals surface area (Å²) < 4.78 is 8.26. The second-order valence-corrected chi connectivity index (χ2v) is 5.17. The van der Waals surface area contributed by atoms with Crippen LogP contribution in [0, 0.1) is 0 Å². The number of aromatic nitrogens is 1. The molecule has 0 fully saturated rings.